The second-order valence-electron chi connectivity index (χ2n) is 12.0. The monoisotopic (exact) mass is 629 g/mol. The van der Waals surface area contributed by atoms with Gasteiger partial charge >= 0.3 is 0 Å². The number of aliphatic hydroxyl groups excluding tert-OH is 1. The molecule has 1 spiro atoms. The number of amides is 2. The summed E-state index contributed by atoms with van der Waals surface area (Å²) >= 11 is 12.6. The van der Waals surface area contributed by atoms with Crippen molar-refractivity contribution in [2.24, 2.45) is 5.41 Å². The molecule has 2 amide bonds. The van der Waals surface area contributed by atoms with E-state index >= 15 is 4.39 Å². The van der Waals surface area contributed by atoms with Gasteiger partial charge < -0.3 is 30.5 Å². The van der Waals surface area contributed by atoms with Gasteiger partial charge in [-0.2, -0.15) is 0 Å². The Hall–Kier alpha value is -3.37. The number of ether oxygens (including phenoxy) is 2. The first-order chi connectivity index (χ1) is 20.4. The van der Waals surface area contributed by atoms with Crippen molar-refractivity contribution in [3.63, 3.8) is 0 Å². The molecule has 43 heavy (non-hydrogen) atoms. The number of benzene rings is 3. The number of methoxy groups -OCH3 is 1. The van der Waals surface area contributed by atoms with Crippen molar-refractivity contribution in [1.29, 1.82) is 0 Å². The standard InChI is InChI=1S/C32H34Cl2FN3O5/c1-31(2,3)16-25-32(20-10-8-17(33)14-23(20)37-30(32)41)26(19-6-5-7-21(34)27(19)35)28(38-25)29(40)36-22-11-9-18(43-13-12-39)15-24(22)42-4/h5-11,14-15,25-26,28,38-39H,12-13,16H2,1-4H3,(H,36,40)(H,37,41)/t25-,26-,28+,32+/m0/s1. The molecule has 0 bridgehead atoms. The zero-order valence-electron chi connectivity index (χ0n) is 24.3. The third-order valence-corrected chi connectivity index (χ3v) is 8.54. The maximum atomic E-state index is 16.0. The van der Waals surface area contributed by atoms with Crippen LogP contribution < -0.4 is 25.4 Å². The number of carbonyl (C=O) groups excluding carboxylic acids is 2. The third-order valence-electron chi connectivity index (χ3n) is 8.01. The highest BCUT2D eigenvalue weighted by molar-refractivity contribution is 6.31. The molecule has 0 radical (unpaired) electrons. The molecular weight excluding hydrogens is 596 g/mol. The molecule has 11 heteroatoms. The van der Waals surface area contributed by atoms with Crippen molar-refractivity contribution in [2.75, 3.05) is 31.0 Å². The first-order valence-corrected chi connectivity index (χ1v) is 14.7. The fourth-order valence-electron chi connectivity index (χ4n) is 6.39. The number of fused-ring (bicyclic) bond motifs is 2. The molecule has 8 nitrogen and oxygen atoms in total. The SMILES string of the molecule is COc1cc(OCCO)ccc1NC(=O)[C@@H]1N[C@@H](CC(C)(C)C)[C@@]2(C(=O)Nc3cc(Cl)ccc32)[C@H]1c1cccc(Cl)c1F. The molecule has 1 fully saturated rings. The minimum atomic E-state index is -1.37. The van der Waals surface area contributed by atoms with Crippen molar-refractivity contribution in [3.05, 3.63) is 81.6 Å². The van der Waals surface area contributed by atoms with Crippen molar-refractivity contribution in [2.45, 2.75) is 50.6 Å². The number of nitrogens with one attached hydrogen (secondary N) is 3. The third kappa shape index (κ3) is 5.67. The fourth-order valence-corrected chi connectivity index (χ4v) is 6.74. The van der Waals surface area contributed by atoms with Gasteiger partial charge in [0.05, 0.1) is 30.5 Å². The van der Waals surface area contributed by atoms with Gasteiger partial charge in [-0.05, 0) is 53.3 Å². The molecule has 0 saturated carbocycles. The number of rotatable bonds is 8. The molecule has 0 aromatic heterocycles. The Bertz CT molecular complexity index is 1560. The quantitative estimate of drug-likeness (QED) is 0.247. The zero-order chi connectivity index (χ0) is 31.1. The van der Waals surface area contributed by atoms with Gasteiger partial charge in [-0.3, -0.25) is 9.59 Å². The van der Waals surface area contributed by atoms with Crippen LogP contribution in [0.25, 0.3) is 0 Å². The van der Waals surface area contributed by atoms with Crippen LogP contribution in [0.1, 0.15) is 44.2 Å². The maximum Gasteiger partial charge on any atom is 0.242 e. The molecule has 1 saturated heterocycles. The Morgan fingerprint density at radius 1 is 1.14 bits per heavy atom. The summed E-state index contributed by atoms with van der Waals surface area (Å²) in [5, 5.41) is 18.8. The average Bonchev–Trinajstić information content (AvgIpc) is 3.42. The van der Waals surface area contributed by atoms with E-state index in [0.717, 1.165) is 0 Å². The van der Waals surface area contributed by atoms with Crippen LogP contribution in [0.5, 0.6) is 11.5 Å². The van der Waals surface area contributed by atoms with E-state index in [1.54, 1.807) is 48.5 Å². The molecule has 3 aromatic carbocycles. The van der Waals surface area contributed by atoms with Crippen LogP contribution in [-0.4, -0.2) is 49.3 Å². The Morgan fingerprint density at radius 3 is 2.60 bits per heavy atom. The number of hydrogen-bond donors (Lipinski definition) is 4. The molecule has 0 unspecified atom stereocenters. The summed E-state index contributed by atoms with van der Waals surface area (Å²) in [7, 11) is 1.46. The van der Waals surface area contributed by atoms with Gasteiger partial charge in [-0.25, -0.2) is 4.39 Å². The van der Waals surface area contributed by atoms with Gasteiger partial charge in [0.25, 0.3) is 0 Å². The zero-order valence-corrected chi connectivity index (χ0v) is 25.8. The summed E-state index contributed by atoms with van der Waals surface area (Å²) in [6, 6.07) is 13.0. The van der Waals surface area contributed by atoms with E-state index in [9.17, 15) is 9.59 Å². The minimum absolute atomic E-state index is 0.0970. The molecule has 4 atom stereocenters. The highest BCUT2D eigenvalue weighted by Gasteiger charge is 2.66. The van der Waals surface area contributed by atoms with Crippen LogP contribution in [0.4, 0.5) is 15.8 Å². The first-order valence-electron chi connectivity index (χ1n) is 13.9. The summed E-state index contributed by atoms with van der Waals surface area (Å²) in [6.07, 6.45) is 0.491. The van der Waals surface area contributed by atoms with Crippen LogP contribution in [0.2, 0.25) is 10.0 Å². The van der Waals surface area contributed by atoms with Crippen LogP contribution in [0, 0.1) is 11.2 Å². The molecule has 0 aliphatic carbocycles. The second-order valence-corrected chi connectivity index (χ2v) is 12.9. The Kier molecular flexibility index (Phi) is 8.64. The lowest BCUT2D eigenvalue weighted by molar-refractivity contribution is -0.122. The van der Waals surface area contributed by atoms with Crippen molar-refractivity contribution < 1.29 is 28.6 Å². The van der Waals surface area contributed by atoms with Crippen LogP contribution >= 0.6 is 23.2 Å². The van der Waals surface area contributed by atoms with Gasteiger partial charge in [0, 0.05) is 28.7 Å². The molecule has 2 heterocycles. The number of hydrogen-bond acceptors (Lipinski definition) is 6. The summed E-state index contributed by atoms with van der Waals surface area (Å²) in [5.41, 5.74) is 0.0169. The van der Waals surface area contributed by atoms with Gasteiger partial charge in [0.2, 0.25) is 11.8 Å². The fraction of sp³-hybridized carbons (Fsp3) is 0.375. The van der Waals surface area contributed by atoms with Crippen molar-refractivity contribution >= 4 is 46.4 Å². The van der Waals surface area contributed by atoms with E-state index in [1.165, 1.54) is 13.2 Å². The van der Waals surface area contributed by atoms with E-state index < -0.39 is 35.1 Å². The van der Waals surface area contributed by atoms with Crippen molar-refractivity contribution in [1.82, 2.24) is 5.32 Å². The molecule has 2 aliphatic rings. The number of aliphatic hydroxyl groups is 1. The highest BCUT2D eigenvalue weighted by Crippen LogP contribution is 2.57. The van der Waals surface area contributed by atoms with Gasteiger partial charge in [0.1, 0.15) is 29.3 Å². The van der Waals surface area contributed by atoms with E-state index in [-0.39, 0.29) is 35.1 Å². The Balaban J connectivity index is 1.66. The molecule has 5 rings (SSSR count). The normalized spacial score (nSPS) is 22.8. The lowest BCUT2D eigenvalue weighted by Crippen LogP contribution is -2.49. The van der Waals surface area contributed by atoms with E-state index in [2.05, 4.69) is 16.0 Å². The van der Waals surface area contributed by atoms with E-state index in [4.69, 9.17) is 37.8 Å². The molecule has 4 N–H and O–H groups in total. The highest BCUT2D eigenvalue weighted by atomic mass is 35.5. The largest absolute Gasteiger partial charge is 0.494 e. The Labute approximate surface area is 259 Å². The lowest BCUT2D eigenvalue weighted by Gasteiger charge is -2.37. The summed E-state index contributed by atoms with van der Waals surface area (Å²) in [6.45, 7) is 6.08. The van der Waals surface area contributed by atoms with E-state index in [0.29, 0.717) is 39.9 Å². The number of halogens is 3. The molecule has 3 aromatic rings. The summed E-state index contributed by atoms with van der Waals surface area (Å²) < 4.78 is 26.9. The predicted molar refractivity (Wildman–Crippen MR) is 165 cm³/mol. The average molecular weight is 631 g/mol. The Morgan fingerprint density at radius 2 is 1.91 bits per heavy atom. The topological polar surface area (TPSA) is 109 Å². The predicted octanol–water partition coefficient (Wildman–Crippen LogP) is 5.90. The maximum absolute atomic E-state index is 16.0. The summed E-state index contributed by atoms with van der Waals surface area (Å²) in [4.78, 5) is 28.5. The van der Waals surface area contributed by atoms with Crippen LogP contribution in [-0.2, 0) is 15.0 Å². The molecule has 228 valence electrons. The van der Waals surface area contributed by atoms with E-state index in [1.807, 2.05) is 20.8 Å². The summed E-state index contributed by atoms with van der Waals surface area (Å²) in [5.74, 6) is -1.75. The second kappa shape index (κ2) is 12.0. The van der Waals surface area contributed by atoms with Gasteiger partial charge in [0.15, 0.2) is 0 Å². The minimum Gasteiger partial charge on any atom is -0.494 e. The van der Waals surface area contributed by atoms with Gasteiger partial charge in [-0.1, -0.05) is 62.2 Å². The van der Waals surface area contributed by atoms with Crippen molar-refractivity contribution in [3.8, 4) is 11.5 Å². The van der Waals surface area contributed by atoms with Gasteiger partial charge in [-0.15, -0.1) is 0 Å². The van der Waals surface area contributed by atoms with Crippen LogP contribution in [0.3, 0.4) is 0 Å². The van der Waals surface area contributed by atoms with Crippen LogP contribution in [0.15, 0.2) is 54.6 Å². The lowest BCUT2D eigenvalue weighted by atomic mass is 9.62. The number of anilines is 2. The molecule has 2 aliphatic heterocycles. The smallest absolute Gasteiger partial charge is 0.242 e. The molecular formula is C32H34Cl2FN3O5. The first kappa shape index (κ1) is 31.1. The number of carbonyl (C=O) groups is 2.